The lowest BCUT2D eigenvalue weighted by Crippen LogP contribution is -2.32. The van der Waals surface area contributed by atoms with Crippen molar-refractivity contribution in [1.29, 1.82) is 0 Å². The third kappa shape index (κ3) is 1.32. The van der Waals surface area contributed by atoms with Gasteiger partial charge in [0.05, 0.1) is 6.04 Å². The molecule has 2 amide bonds. The van der Waals surface area contributed by atoms with Gasteiger partial charge in [0.25, 0.3) is 0 Å². The van der Waals surface area contributed by atoms with Crippen LogP contribution in [0, 0.1) is 0 Å². The maximum atomic E-state index is 11.3. The highest BCUT2D eigenvalue weighted by atomic mass is 16.2. The molecule has 1 atom stereocenters. The van der Waals surface area contributed by atoms with Crippen LogP contribution in [0.3, 0.4) is 0 Å². The Morgan fingerprint density at radius 2 is 2.54 bits per heavy atom. The first kappa shape index (κ1) is 7.97. The van der Waals surface area contributed by atoms with Crippen LogP contribution in [0.25, 0.3) is 0 Å². The molecule has 1 fully saturated rings. The molecular weight excluding hydrogens is 168 g/mol. The topological polar surface area (TPSA) is 58.1 Å². The fraction of sp³-hybridized carbons (Fsp3) is 0.375. The number of hydrogen-bond acceptors (Lipinski definition) is 3. The number of hydrogen-bond donors (Lipinski definition) is 1. The van der Waals surface area contributed by atoms with E-state index in [1.165, 1.54) is 6.33 Å². The second-order valence-electron chi connectivity index (χ2n) is 2.97. The number of nitrogens with one attached hydrogen (secondary N) is 1. The van der Waals surface area contributed by atoms with Gasteiger partial charge in [0, 0.05) is 12.7 Å². The number of anilines is 1. The predicted octanol–water partition coefficient (Wildman–Crippen LogP) is 0.395. The Morgan fingerprint density at radius 3 is 3.08 bits per heavy atom. The SMILES string of the molecule is C[C@@H]1CNC(=O)N1c1ccncn1. The molecule has 5 heteroatoms. The fourth-order valence-electron chi connectivity index (χ4n) is 1.37. The Kier molecular flexibility index (Phi) is 1.84. The normalized spacial score (nSPS) is 21.8. The summed E-state index contributed by atoms with van der Waals surface area (Å²) < 4.78 is 0. The Hall–Kier alpha value is -1.65. The number of amides is 2. The van der Waals surface area contributed by atoms with E-state index in [2.05, 4.69) is 15.3 Å². The summed E-state index contributed by atoms with van der Waals surface area (Å²) >= 11 is 0. The zero-order valence-electron chi connectivity index (χ0n) is 7.27. The number of rotatable bonds is 1. The van der Waals surface area contributed by atoms with Gasteiger partial charge in [-0.15, -0.1) is 0 Å². The van der Waals surface area contributed by atoms with E-state index in [9.17, 15) is 4.79 Å². The van der Waals surface area contributed by atoms with Crippen molar-refractivity contribution in [2.24, 2.45) is 0 Å². The van der Waals surface area contributed by atoms with Crippen LogP contribution in [0.2, 0.25) is 0 Å². The summed E-state index contributed by atoms with van der Waals surface area (Å²) in [5, 5.41) is 2.74. The zero-order valence-corrected chi connectivity index (χ0v) is 7.27. The molecule has 5 nitrogen and oxygen atoms in total. The monoisotopic (exact) mass is 178 g/mol. The van der Waals surface area contributed by atoms with Gasteiger partial charge >= 0.3 is 6.03 Å². The van der Waals surface area contributed by atoms with E-state index in [4.69, 9.17) is 0 Å². The highest BCUT2D eigenvalue weighted by Gasteiger charge is 2.28. The van der Waals surface area contributed by atoms with Gasteiger partial charge in [0.15, 0.2) is 0 Å². The minimum Gasteiger partial charge on any atom is -0.336 e. The lowest BCUT2D eigenvalue weighted by atomic mass is 10.3. The summed E-state index contributed by atoms with van der Waals surface area (Å²) in [7, 11) is 0. The molecule has 0 aliphatic carbocycles. The molecule has 2 heterocycles. The smallest absolute Gasteiger partial charge is 0.323 e. The minimum atomic E-state index is -0.0915. The van der Waals surface area contributed by atoms with Crippen molar-refractivity contribution in [3.8, 4) is 0 Å². The second-order valence-corrected chi connectivity index (χ2v) is 2.97. The van der Waals surface area contributed by atoms with Gasteiger partial charge in [-0.05, 0) is 13.0 Å². The molecule has 0 saturated carbocycles. The number of aromatic nitrogens is 2. The summed E-state index contributed by atoms with van der Waals surface area (Å²) in [5.41, 5.74) is 0. The van der Waals surface area contributed by atoms with E-state index >= 15 is 0 Å². The Labute approximate surface area is 75.8 Å². The lowest BCUT2D eigenvalue weighted by molar-refractivity contribution is 0.251. The van der Waals surface area contributed by atoms with Crippen molar-refractivity contribution in [2.45, 2.75) is 13.0 Å². The van der Waals surface area contributed by atoms with Crippen LogP contribution in [-0.2, 0) is 0 Å². The van der Waals surface area contributed by atoms with Gasteiger partial charge < -0.3 is 5.32 Å². The van der Waals surface area contributed by atoms with Crippen LogP contribution < -0.4 is 10.2 Å². The largest absolute Gasteiger partial charge is 0.336 e. The van der Waals surface area contributed by atoms with Crippen LogP contribution in [-0.4, -0.2) is 28.6 Å². The maximum Gasteiger partial charge on any atom is 0.323 e. The molecule has 0 aromatic carbocycles. The van der Waals surface area contributed by atoms with Gasteiger partial charge in [0.2, 0.25) is 0 Å². The maximum absolute atomic E-state index is 11.3. The van der Waals surface area contributed by atoms with Crippen molar-refractivity contribution < 1.29 is 4.79 Å². The average Bonchev–Trinajstić information content (AvgIpc) is 2.48. The number of urea groups is 1. The number of carbonyl (C=O) groups is 1. The molecule has 1 saturated heterocycles. The van der Waals surface area contributed by atoms with E-state index in [0.717, 1.165) is 0 Å². The summed E-state index contributed by atoms with van der Waals surface area (Å²) in [6.07, 6.45) is 3.06. The molecule has 0 radical (unpaired) electrons. The van der Waals surface area contributed by atoms with Gasteiger partial charge in [-0.2, -0.15) is 0 Å². The third-order valence-electron chi connectivity index (χ3n) is 2.02. The molecule has 13 heavy (non-hydrogen) atoms. The van der Waals surface area contributed by atoms with E-state index in [0.29, 0.717) is 12.4 Å². The quantitative estimate of drug-likeness (QED) is 0.677. The Bertz CT molecular complexity index is 313. The summed E-state index contributed by atoms with van der Waals surface area (Å²) in [6, 6.07) is 1.79. The Balaban J connectivity index is 2.30. The summed E-state index contributed by atoms with van der Waals surface area (Å²) in [4.78, 5) is 20.8. The van der Waals surface area contributed by atoms with Crippen LogP contribution >= 0.6 is 0 Å². The highest BCUT2D eigenvalue weighted by Crippen LogP contribution is 2.15. The first-order valence-corrected chi connectivity index (χ1v) is 4.12. The van der Waals surface area contributed by atoms with E-state index in [-0.39, 0.29) is 12.1 Å². The van der Waals surface area contributed by atoms with E-state index < -0.39 is 0 Å². The van der Waals surface area contributed by atoms with Gasteiger partial charge in [-0.1, -0.05) is 0 Å². The van der Waals surface area contributed by atoms with Crippen molar-refractivity contribution in [3.63, 3.8) is 0 Å². The highest BCUT2D eigenvalue weighted by molar-refractivity contribution is 5.93. The van der Waals surface area contributed by atoms with Crippen molar-refractivity contribution in [3.05, 3.63) is 18.6 Å². The number of carbonyl (C=O) groups excluding carboxylic acids is 1. The molecule has 2 rings (SSSR count). The van der Waals surface area contributed by atoms with Crippen molar-refractivity contribution in [1.82, 2.24) is 15.3 Å². The molecule has 1 aromatic rings. The van der Waals surface area contributed by atoms with Crippen LogP contribution in [0.5, 0.6) is 0 Å². The molecule has 0 spiro atoms. The van der Waals surface area contributed by atoms with E-state index in [1.807, 2.05) is 6.92 Å². The van der Waals surface area contributed by atoms with E-state index in [1.54, 1.807) is 17.2 Å². The fourth-order valence-corrected chi connectivity index (χ4v) is 1.37. The molecule has 1 N–H and O–H groups in total. The van der Waals surface area contributed by atoms with Crippen molar-refractivity contribution in [2.75, 3.05) is 11.4 Å². The lowest BCUT2D eigenvalue weighted by Gasteiger charge is -2.17. The van der Waals surface area contributed by atoms with Crippen LogP contribution in [0.4, 0.5) is 10.6 Å². The average molecular weight is 178 g/mol. The summed E-state index contributed by atoms with van der Waals surface area (Å²) in [5.74, 6) is 0.650. The molecular formula is C8H10N4O. The molecule has 0 unspecified atom stereocenters. The molecule has 1 aliphatic heterocycles. The van der Waals surface area contributed by atoms with Crippen LogP contribution in [0.15, 0.2) is 18.6 Å². The molecule has 68 valence electrons. The molecule has 1 aliphatic rings. The molecule has 0 bridgehead atoms. The third-order valence-corrected chi connectivity index (χ3v) is 2.02. The van der Waals surface area contributed by atoms with Gasteiger partial charge in [0.1, 0.15) is 12.1 Å². The van der Waals surface area contributed by atoms with Crippen LogP contribution in [0.1, 0.15) is 6.92 Å². The minimum absolute atomic E-state index is 0.0915. The Morgan fingerprint density at radius 1 is 1.69 bits per heavy atom. The first-order chi connectivity index (χ1) is 6.29. The number of nitrogens with zero attached hydrogens (tertiary/aromatic N) is 3. The standard InChI is InChI=1S/C8H10N4O/c1-6-4-10-8(13)12(6)7-2-3-9-5-11-7/h2-3,5-6H,4H2,1H3,(H,10,13)/t6-/m1/s1. The zero-order chi connectivity index (χ0) is 9.26. The second kappa shape index (κ2) is 3.01. The predicted molar refractivity (Wildman–Crippen MR) is 47.4 cm³/mol. The van der Waals surface area contributed by atoms with Crippen molar-refractivity contribution >= 4 is 11.8 Å². The molecule has 1 aromatic heterocycles. The summed E-state index contributed by atoms with van der Waals surface area (Å²) in [6.45, 7) is 2.64. The first-order valence-electron chi connectivity index (χ1n) is 4.12. The van der Waals surface area contributed by atoms with Gasteiger partial charge in [-0.3, -0.25) is 4.90 Å². The van der Waals surface area contributed by atoms with Gasteiger partial charge in [-0.25, -0.2) is 14.8 Å².